The number of hydrogen-bond acceptors (Lipinski definition) is 5. The first-order chi connectivity index (χ1) is 18.0. The molecule has 2 rings (SSSR count). The van der Waals surface area contributed by atoms with Crippen LogP contribution in [-0.2, 0) is 20.9 Å². The van der Waals surface area contributed by atoms with Gasteiger partial charge >= 0.3 is 6.09 Å². The number of carbonyl (C=O) groups excluding carboxylic acids is 3. The lowest BCUT2D eigenvalue weighted by molar-refractivity contribution is -0.144. The van der Waals surface area contributed by atoms with Crippen LogP contribution in [-0.4, -0.2) is 52.5 Å². The predicted octanol–water partition coefficient (Wildman–Crippen LogP) is 4.91. The van der Waals surface area contributed by atoms with Gasteiger partial charge in [-0.15, -0.1) is 6.42 Å². The first kappa shape index (κ1) is 30.8. The summed E-state index contributed by atoms with van der Waals surface area (Å²) in [6.07, 6.45) is 7.17. The van der Waals surface area contributed by atoms with Gasteiger partial charge in [0.1, 0.15) is 17.7 Å². The van der Waals surface area contributed by atoms with E-state index in [4.69, 9.17) is 11.2 Å². The summed E-state index contributed by atoms with van der Waals surface area (Å²) in [5, 5.41) is 5.72. The molecule has 2 atom stereocenters. The van der Waals surface area contributed by atoms with E-state index in [1.807, 2.05) is 50.4 Å². The van der Waals surface area contributed by atoms with Crippen molar-refractivity contribution in [1.82, 2.24) is 15.5 Å². The molecule has 0 fully saturated rings. The van der Waals surface area contributed by atoms with Gasteiger partial charge in [0.15, 0.2) is 0 Å². The Hall–Kier alpha value is -3.44. The van der Waals surface area contributed by atoms with Gasteiger partial charge in [0.2, 0.25) is 11.8 Å². The fourth-order valence-corrected chi connectivity index (χ4v) is 4.36. The highest BCUT2D eigenvalue weighted by molar-refractivity contribution is 7.98. The number of carbonyl (C=O) groups is 3. The van der Waals surface area contributed by atoms with Crippen molar-refractivity contribution in [3.63, 3.8) is 0 Å². The van der Waals surface area contributed by atoms with Crippen molar-refractivity contribution < 1.29 is 19.1 Å². The van der Waals surface area contributed by atoms with Gasteiger partial charge in [0, 0.05) is 18.2 Å². The molecule has 0 spiro atoms. The van der Waals surface area contributed by atoms with Gasteiger partial charge in [-0.3, -0.25) is 9.59 Å². The molecule has 0 heterocycles. The molecule has 2 aromatic rings. The summed E-state index contributed by atoms with van der Waals surface area (Å²) in [4.78, 5) is 41.9. The van der Waals surface area contributed by atoms with Gasteiger partial charge in [-0.2, -0.15) is 11.8 Å². The Balaban J connectivity index is 2.44. The summed E-state index contributed by atoms with van der Waals surface area (Å²) in [5.41, 5.74) is 1.52. The summed E-state index contributed by atoms with van der Waals surface area (Å²) >= 11 is 1.57. The number of benzene rings is 2. The van der Waals surface area contributed by atoms with E-state index >= 15 is 0 Å². The number of thioether (sulfide) groups is 1. The minimum Gasteiger partial charge on any atom is -0.444 e. The lowest BCUT2D eigenvalue weighted by Gasteiger charge is -2.37. The highest BCUT2D eigenvalue weighted by Crippen LogP contribution is 2.26. The number of hydrogen-bond donors (Lipinski definition) is 2. The molecule has 0 saturated heterocycles. The Labute approximate surface area is 231 Å². The number of nitrogens with one attached hydrogen (secondary N) is 2. The molecule has 7 nitrogen and oxygen atoms in total. The Bertz CT molecular complexity index is 1110. The molecule has 0 aliphatic carbocycles. The number of alkyl carbamates (subject to hydrolysis) is 1. The molecule has 0 aliphatic rings. The Kier molecular flexibility index (Phi) is 11.7. The number of amides is 3. The second-order valence-corrected chi connectivity index (χ2v) is 11.2. The smallest absolute Gasteiger partial charge is 0.408 e. The first-order valence-electron chi connectivity index (χ1n) is 12.7. The van der Waals surface area contributed by atoms with Crippen molar-refractivity contribution in [2.75, 3.05) is 12.0 Å². The molecule has 0 radical (unpaired) electrons. The van der Waals surface area contributed by atoms with Gasteiger partial charge in [0.25, 0.3) is 0 Å². The maximum atomic E-state index is 14.0. The van der Waals surface area contributed by atoms with Gasteiger partial charge in [0.05, 0.1) is 0 Å². The molecular formula is C30H39N3O4S. The summed E-state index contributed by atoms with van der Waals surface area (Å²) in [6, 6.07) is 14.4. The van der Waals surface area contributed by atoms with Crippen LogP contribution in [0.25, 0.3) is 0 Å². The third-order valence-electron chi connectivity index (χ3n) is 5.64. The van der Waals surface area contributed by atoms with Crippen LogP contribution in [0.2, 0.25) is 0 Å². The molecule has 204 valence electrons. The molecule has 0 aromatic heterocycles. The van der Waals surface area contributed by atoms with Gasteiger partial charge < -0.3 is 20.3 Å². The molecule has 2 N–H and O–H groups in total. The lowest BCUT2D eigenvalue weighted by Crippen LogP contribution is -2.55. The average Bonchev–Trinajstić information content (AvgIpc) is 2.87. The number of terminal acetylenes is 1. The molecule has 3 amide bonds. The van der Waals surface area contributed by atoms with Crippen LogP contribution in [0.3, 0.4) is 0 Å². The summed E-state index contributed by atoms with van der Waals surface area (Å²) in [5.74, 6) is 2.53. The first-order valence-corrected chi connectivity index (χ1v) is 14.0. The standard InChI is InChI=1S/C30H39N3O4S/c1-8-22-14-16-24(17-15-22)26(27(34)31-20-23-12-10-9-11-13-23)33(21(2)3)28(35)25(18-19-38-7)32-29(36)37-30(4,5)6/h1,9-17,21,25-26H,18-20H2,2-7H3,(H,31,34)(H,32,36). The van der Waals surface area contributed by atoms with Crippen molar-refractivity contribution in [3.05, 3.63) is 71.3 Å². The van der Waals surface area contributed by atoms with Crippen LogP contribution in [0.15, 0.2) is 54.6 Å². The van der Waals surface area contributed by atoms with Crippen molar-refractivity contribution >= 4 is 29.7 Å². The van der Waals surface area contributed by atoms with Crippen LogP contribution < -0.4 is 10.6 Å². The minimum atomic E-state index is -0.935. The molecule has 38 heavy (non-hydrogen) atoms. The third-order valence-corrected chi connectivity index (χ3v) is 6.28. The normalized spacial score (nSPS) is 12.7. The summed E-state index contributed by atoms with van der Waals surface area (Å²) in [6.45, 7) is 9.30. The Morgan fingerprint density at radius 1 is 1.05 bits per heavy atom. The number of ether oxygens (including phenoxy) is 1. The van der Waals surface area contributed by atoms with Gasteiger partial charge in [-0.1, -0.05) is 48.4 Å². The van der Waals surface area contributed by atoms with Crippen LogP contribution in [0.1, 0.15) is 63.8 Å². The Morgan fingerprint density at radius 2 is 1.68 bits per heavy atom. The zero-order valence-electron chi connectivity index (χ0n) is 23.1. The van der Waals surface area contributed by atoms with E-state index in [1.54, 1.807) is 56.8 Å². The predicted molar refractivity (Wildman–Crippen MR) is 154 cm³/mol. The second kappa shape index (κ2) is 14.5. The maximum absolute atomic E-state index is 14.0. The van der Waals surface area contributed by atoms with Crippen molar-refractivity contribution in [2.45, 2.75) is 71.3 Å². The SMILES string of the molecule is C#Cc1ccc(C(C(=O)NCc2ccccc2)N(C(=O)C(CCSC)NC(=O)OC(C)(C)C)C(C)C)cc1. The highest BCUT2D eigenvalue weighted by Gasteiger charge is 2.37. The Morgan fingerprint density at radius 3 is 2.21 bits per heavy atom. The van der Waals surface area contributed by atoms with E-state index in [2.05, 4.69) is 16.6 Å². The van der Waals surface area contributed by atoms with E-state index in [9.17, 15) is 14.4 Å². The van der Waals surface area contributed by atoms with E-state index < -0.39 is 23.8 Å². The van der Waals surface area contributed by atoms with Gasteiger partial charge in [-0.25, -0.2) is 4.79 Å². The second-order valence-electron chi connectivity index (χ2n) is 10.2. The average molecular weight is 538 g/mol. The topological polar surface area (TPSA) is 87.7 Å². The number of nitrogens with zero attached hydrogens (tertiary/aromatic N) is 1. The van der Waals surface area contributed by atoms with Gasteiger partial charge in [-0.05, 0) is 76.3 Å². The minimum absolute atomic E-state index is 0.310. The quantitative estimate of drug-likeness (QED) is 0.398. The van der Waals surface area contributed by atoms with E-state index in [0.29, 0.717) is 29.8 Å². The van der Waals surface area contributed by atoms with E-state index in [-0.39, 0.29) is 17.9 Å². The highest BCUT2D eigenvalue weighted by atomic mass is 32.2. The molecule has 8 heteroatoms. The number of rotatable bonds is 11. The van der Waals surface area contributed by atoms with Crippen molar-refractivity contribution in [3.8, 4) is 12.3 Å². The largest absolute Gasteiger partial charge is 0.444 e. The fourth-order valence-electron chi connectivity index (χ4n) is 3.88. The van der Waals surface area contributed by atoms with Crippen LogP contribution in [0.5, 0.6) is 0 Å². The maximum Gasteiger partial charge on any atom is 0.408 e. The monoisotopic (exact) mass is 537 g/mol. The van der Waals surface area contributed by atoms with Crippen LogP contribution in [0.4, 0.5) is 4.79 Å². The van der Waals surface area contributed by atoms with E-state index in [1.165, 1.54) is 4.90 Å². The summed E-state index contributed by atoms with van der Waals surface area (Å²) < 4.78 is 5.42. The molecular weight excluding hydrogens is 498 g/mol. The van der Waals surface area contributed by atoms with Crippen LogP contribution in [0, 0.1) is 12.3 Å². The molecule has 2 unspecified atom stereocenters. The molecule has 0 bridgehead atoms. The molecule has 0 aliphatic heterocycles. The summed E-state index contributed by atoms with van der Waals surface area (Å²) in [7, 11) is 0. The molecule has 2 aromatic carbocycles. The van der Waals surface area contributed by atoms with Crippen molar-refractivity contribution in [2.24, 2.45) is 0 Å². The fraction of sp³-hybridized carbons (Fsp3) is 0.433. The molecule has 0 saturated carbocycles. The van der Waals surface area contributed by atoms with Crippen LogP contribution >= 0.6 is 11.8 Å². The zero-order chi connectivity index (χ0) is 28.3. The van der Waals surface area contributed by atoms with E-state index in [0.717, 1.165) is 5.56 Å². The lowest BCUT2D eigenvalue weighted by atomic mass is 9.99. The zero-order valence-corrected chi connectivity index (χ0v) is 23.9. The third kappa shape index (κ3) is 9.46. The van der Waals surface area contributed by atoms with Crippen molar-refractivity contribution in [1.29, 1.82) is 0 Å².